The summed E-state index contributed by atoms with van der Waals surface area (Å²) in [4.78, 5) is 0. The maximum absolute atomic E-state index is 12.6. The summed E-state index contributed by atoms with van der Waals surface area (Å²) < 4.78 is 24.4. The van der Waals surface area contributed by atoms with Gasteiger partial charge in [0.15, 0.2) is 0 Å². The first-order chi connectivity index (χ1) is 36.4. The number of hydrogen-bond donors (Lipinski definition) is 4. The van der Waals surface area contributed by atoms with Crippen LogP contribution in [0.5, 0.6) is 46.0 Å². The Morgan fingerprint density at radius 3 is 1.04 bits per heavy atom. The fourth-order valence-electron chi connectivity index (χ4n) is 10.8. The van der Waals surface area contributed by atoms with Crippen LogP contribution in [0.15, 0.2) is 127 Å². The van der Waals surface area contributed by atoms with Crippen molar-refractivity contribution in [2.24, 2.45) is 0 Å². The number of aryl methyl sites for hydroxylation is 8. The molecule has 0 amide bonds. The minimum absolute atomic E-state index is 0.00347. The van der Waals surface area contributed by atoms with Crippen LogP contribution in [0.4, 0.5) is 0 Å². The van der Waals surface area contributed by atoms with Crippen LogP contribution in [0.2, 0.25) is 0 Å². The van der Waals surface area contributed by atoms with Crippen molar-refractivity contribution < 1.29 is 39.4 Å². The van der Waals surface area contributed by atoms with Gasteiger partial charge in [-0.15, -0.1) is 0 Å². The molecule has 0 spiro atoms. The smallest absolute Gasteiger partial charge is 0.126 e. The van der Waals surface area contributed by atoms with Gasteiger partial charge in [-0.1, -0.05) is 128 Å². The molecule has 8 aromatic carbocycles. The second-order valence-electron chi connectivity index (χ2n) is 20.4. The molecule has 3 unspecified atom stereocenters. The minimum atomic E-state index is -0.685. The summed E-state index contributed by atoms with van der Waals surface area (Å²) in [5, 5.41) is 47.8. The second-order valence-corrected chi connectivity index (χ2v) is 20.4. The van der Waals surface area contributed by atoms with Crippen LogP contribution in [0, 0.1) is 55.4 Å². The molecule has 396 valence electrons. The monoisotopic (exact) mass is 1020 g/mol. The topological polar surface area (TPSA) is 118 Å². The van der Waals surface area contributed by atoms with E-state index in [1.54, 1.807) is 58.8 Å². The lowest BCUT2D eigenvalue weighted by molar-refractivity contribution is 0.395. The Kier molecular flexibility index (Phi) is 17.8. The Morgan fingerprint density at radius 1 is 0.316 bits per heavy atom. The van der Waals surface area contributed by atoms with Gasteiger partial charge in [-0.3, -0.25) is 0 Å². The predicted molar refractivity (Wildman–Crippen MR) is 309 cm³/mol. The van der Waals surface area contributed by atoms with Crippen molar-refractivity contribution in [3.63, 3.8) is 0 Å². The first-order valence-corrected chi connectivity index (χ1v) is 26.2. The van der Waals surface area contributed by atoms with Crippen molar-refractivity contribution >= 4 is 0 Å². The van der Waals surface area contributed by atoms with E-state index < -0.39 is 17.8 Å². The van der Waals surface area contributed by atoms with E-state index in [4.69, 9.17) is 18.9 Å². The van der Waals surface area contributed by atoms with Crippen molar-refractivity contribution in [1.82, 2.24) is 0 Å². The quantitative estimate of drug-likeness (QED) is 0.0707. The number of phenols is 4. The van der Waals surface area contributed by atoms with E-state index in [-0.39, 0.29) is 23.0 Å². The van der Waals surface area contributed by atoms with Crippen molar-refractivity contribution in [3.05, 3.63) is 233 Å². The largest absolute Gasteiger partial charge is 0.508 e. The average molecular weight is 1020 g/mol. The molecule has 0 saturated heterocycles. The number of methoxy groups -OCH3 is 4. The standard InChI is InChI=1S/C64H66O8.C4H10/c1-35-13-17-43(39(5)23-35)27-44-28-50(55(66)32-58(44)69-9)63(47-20-15-37(3)25-41(47)7)53-31-52(57(68)34-60(53)71-11)64(48-21-16-38(4)26-42(48)8)54-30-51(56(67)33-61(54)72-12)62(46-19-14-36(2)24-40(46)6)49-22-18-45(65)29-59(49)70-10;1-3-4-2/h13-26,28-34,62-68H,27H2,1-12H3;3-4H2,1-2H3. The zero-order valence-corrected chi connectivity index (χ0v) is 46.9. The first-order valence-electron chi connectivity index (χ1n) is 26.2. The number of ether oxygens (including phenoxy) is 4. The molecule has 8 rings (SSSR count). The maximum atomic E-state index is 12.6. The van der Waals surface area contributed by atoms with Crippen molar-refractivity contribution in [2.75, 3.05) is 28.4 Å². The van der Waals surface area contributed by atoms with E-state index in [0.29, 0.717) is 57.2 Å². The highest BCUT2D eigenvalue weighted by Crippen LogP contribution is 2.52. The van der Waals surface area contributed by atoms with Crippen LogP contribution in [0.25, 0.3) is 0 Å². The second kappa shape index (κ2) is 24.2. The van der Waals surface area contributed by atoms with Crippen LogP contribution < -0.4 is 18.9 Å². The highest BCUT2D eigenvalue weighted by Gasteiger charge is 2.34. The molecule has 0 aliphatic carbocycles. The van der Waals surface area contributed by atoms with Crippen LogP contribution in [0.3, 0.4) is 0 Å². The number of aromatic hydroxyl groups is 4. The predicted octanol–water partition coefficient (Wildman–Crippen LogP) is 15.9. The molecule has 8 nitrogen and oxygen atoms in total. The van der Waals surface area contributed by atoms with Gasteiger partial charge < -0.3 is 39.4 Å². The fraction of sp³-hybridized carbons (Fsp3) is 0.294. The molecular formula is C68H76O8. The normalized spacial score (nSPS) is 12.3. The Bertz CT molecular complexity index is 3370. The maximum Gasteiger partial charge on any atom is 0.126 e. The molecular weight excluding hydrogens is 945 g/mol. The number of unbranched alkanes of at least 4 members (excludes halogenated alkanes) is 1. The summed E-state index contributed by atoms with van der Waals surface area (Å²) in [6.07, 6.45) is 3.21. The van der Waals surface area contributed by atoms with E-state index in [9.17, 15) is 20.4 Å². The zero-order chi connectivity index (χ0) is 55.1. The van der Waals surface area contributed by atoms with Gasteiger partial charge in [0.05, 0.1) is 28.4 Å². The zero-order valence-electron chi connectivity index (χ0n) is 46.9. The van der Waals surface area contributed by atoms with E-state index >= 15 is 0 Å². The molecule has 0 heterocycles. The average Bonchev–Trinajstić information content (AvgIpc) is 3.38. The van der Waals surface area contributed by atoms with Crippen LogP contribution in [-0.2, 0) is 6.42 Å². The van der Waals surface area contributed by atoms with Crippen molar-refractivity contribution in [2.45, 2.75) is 106 Å². The third-order valence-electron chi connectivity index (χ3n) is 14.9. The number of rotatable bonds is 16. The Balaban J connectivity index is 0.00000203. The molecule has 0 saturated carbocycles. The van der Waals surface area contributed by atoms with Gasteiger partial charge in [0.2, 0.25) is 0 Å². The molecule has 76 heavy (non-hydrogen) atoms. The van der Waals surface area contributed by atoms with Gasteiger partial charge >= 0.3 is 0 Å². The molecule has 0 radical (unpaired) electrons. The highest BCUT2D eigenvalue weighted by molar-refractivity contribution is 5.66. The molecule has 4 N–H and O–H groups in total. The van der Waals surface area contributed by atoms with Crippen LogP contribution in [-0.4, -0.2) is 48.9 Å². The summed E-state index contributed by atoms with van der Waals surface area (Å²) in [5.74, 6) is 0.0884. The number of phenolic OH excluding ortho intramolecular Hbond substituents is 4. The van der Waals surface area contributed by atoms with Gasteiger partial charge in [0.1, 0.15) is 46.0 Å². The van der Waals surface area contributed by atoms with Gasteiger partial charge in [-0.05, 0) is 130 Å². The summed E-state index contributed by atoms with van der Waals surface area (Å²) in [6.45, 7) is 20.9. The summed E-state index contributed by atoms with van der Waals surface area (Å²) in [5.41, 5.74) is 17.3. The first kappa shape index (κ1) is 55.9. The fourth-order valence-corrected chi connectivity index (χ4v) is 10.8. The van der Waals surface area contributed by atoms with E-state index in [1.165, 1.54) is 18.4 Å². The Hall–Kier alpha value is -7.84. The lowest BCUT2D eigenvalue weighted by atomic mass is 9.75. The molecule has 0 bridgehead atoms. The third-order valence-corrected chi connectivity index (χ3v) is 14.9. The lowest BCUT2D eigenvalue weighted by Crippen LogP contribution is -2.14. The van der Waals surface area contributed by atoms with E-state index in [1.807, 2.05) is 31.2 Å². The molecule has 8 aromatic rings. The molecule has 0 aliphatic rings. The van der Waals surface area contributed by atoms with Crippen molar-refractivity contribution in [3.8, 4) is 46.0 Å². The molecule has 3 atom stereocenters. The van der Waals surface area contributed by atoms with E-state index in [0.717, 1.165) is 72.3 Å². The molecule has 8 heteroatoms. The molecule has 0 aromatic heterocycles. The van der Waals surface area contributed by atoms with Gasteiger partial charge in [-0.25, -0.2) is 0 Å². The van der Waals surface area contributed by atoms with Gasteiger partial charge in [0.25, 0.3) is 0 Å². The summed E-state index contributed by atoms with van der Waals surface area (Å²) in [6, 6.07) is 41.4. The van der Waals surface area contributed by atoms with Gasteiger partial charge in [-0.2, -0.15) is 0 Å². The van der Waals surface area contributed by atoms with Crippen molar-refractivity contribution in [1.29, 1.82) is 0 Å². The Labute approximate surface area is 451 Å². The number of hydrogen-bond acceptors (Lipinski definition) is 8. The summed E-state index contributed by atoms with van der Waals surface area (Å²) >= 11 is 0. The summed E-state index contributed by atoms with van der Waals surface area (Å²) in [7, 11) is 6.37. The molecule has 0 fully saturated rings. The van der Waals surface area contributed by atoms with Crippen LogP contribution >= 0.6 is 0 Å². The minimum Gasteiger partial charge on any atom is -0.508 e. The lowest BCUT2D eigenvalue weighted by Gasteiger charge is -2.30. The van der Waals surface area contributed by atoms with E-state index in [2.05, 4.69) is 135 Å². The number of benzene rings is 8. The van der Waals surface area contributed by atoms with Gasteiger partial charge in [0, 0.05) is 81.8 Å². The Morgan fingerprint density at radius 2 is 0.658 bits per heavy atom. The third kappa shape index (κ3) is 11.8. The molecule has 0 aliphatic heterocycles. The highest BCUT2D eigenvalue weighted by atomic mass is 16.5. The SMILES string of the molecule is CCCC.COc1cc(O)c(C(c2ccc(C)cc2C)c2cc(C(c3ccc(C)cc3C)c3cc(C(c4ccc(C)cc4C)c4ccc(O)cc4OC)c(O)cc3OC)c(O)cc2OC)cc1Cc1ccc(C)cc1C. The van der Waals surface area contributed by atoms with Crippen LogP contribution in [0.1, 0.15) is 150 Å².